The molecule has 0 aromatic heterocycles. The van der Waals surface area contributed by atoms with E-state index in [1.54, 1.807) is 25.1 Å². The molecule has 158 valence electrons. The minimum absolute atomic E-state index is 0.0160. The van der Waals surface area contributed by atoms with Gasteiger partial charge in [-0.05, 0) is 30.9 Å². The van der Waals surface area contributed by atoms with Crippen LogP contribution in [0.15, 0.2) is 46.8 Å². The molecule has 1 aromatic rings. The number of ketones is 1. The van der Waals surface area contributed by atoms with Gasteiger partial charge in [0.1, 0.15) is 0 Å². The number of dihydropyridines is 1. The fraction of sp³-hybridized carbons (Fsp3) is 0.435. The predicted molar refractivity (Wildman–Crippen MR) is 111 cm³/mol. The van der Waals surface area contributed by atoms with Gasteiger partial charge in [0.15, 0.2) is 5.78 Å². The van der Waals surface area contributed by atoms with Gasteiger partial charge in [-0.15, -0.1) is 0 Å². The fourth-order valence-electron chi connectivity index (χ4n) is 4.13. The van der Waals surface area contributed by atoms with Gasteiger partial charge in [0.25, 0.3) is 0 Å². The van der Waals surface area contributed by atoms with E-state index in [0.29, 0.717) is 54.0 Å². The molecular weight excluding hydrogens is 382 g/mol. The smallest absolute Gasteiger partial charge is 0.336 e. The van der Waals surface area contributed by atoms with E-state index in [9.17, 15) is 14.9 Å². The van der Waals surface area contributed by atoms with Crippen molar-refractivity contribution in [3.63, 3.8) is 0 Å². The van der Waals surface area contributed by atoms with Crippen LogP contribution in [0.4, 0.5) is 0 Å². The van der Waals surface area contributed by atoms with Crippen molar-refractivity contribution < 1.29 is 19.1 Å². The van der Waals surface area contributed by atoms with E-state index in [1.165, 1.54) is 0 Å². The molecule has 2 atom stereocenters. The minimum atomic E-state index is -0.673. The molecule has 1 aliphatic carbocycles. The molecule has 1 heterocycles. The molecular formula is C23H27N3O4. The number of esters is 1. The summed E-state index contributed by atoms with van der Waals surface area (Å²) in [6, 6.07) is 9.26. The molecule has 0 radical (unpaired) electrons. The van der Waals surface area contributed by atoms with Gasteiger partial charge in [-0.25, -0.2) is 4.79 Å². The molecule has 0 saturated heterocycles. The average Bonchev–Trinajstić information content (AvgIpc) is 2.72. The zero-order chi connectivity index (χ0) is 21.7. The van der Waals surface area contributed by atoms with Crippen molar-refractivity contribution >= 4 is 11.8 Å². The number of carbonyl (C=O) groups is 2. The minimum Gasteiger partial charge on any atom is -0.463 e. The number of hydrogen-bond acceptors (Lipinski definition) is 7. The third kappa shape index (κ3) is 4.30. The Balaban J connectivity index is 2.21. The van der Waals surface area contributed by atoms with Crippen LogP contribution in [0.25, 0.3) is 0 Å². The van der Waals surface area contributed by atoms with Crippen molar-refractivity contribution in [2.45, 2.75) is 32.6 Å². The van der Waals surface area contributed by atoms with Crippen LogP contribution in [-0.4, -0.2) is 38.1 Å². The first-order valence-corrected chi connectivity index (χ1v) is 10.2. The Bertz CT molecular complexity index is 942. The van der Waals surface area contributed by atoms with E-state index in [2.05, 4.69) is 11.4 Å². The highest BCUT2D eigenvalue weighted by molar-refractivity contribution is 6.04. The summed E-state index contributed by atoms with van der Waals surface area (Å²) >= 11 is 0. The van der Waals surface area contributed by atoms with E-state index >= 15 is 0 Å². The average molecular weight is 409 g/mol. The van der Waals surface area contributed by atoms with Crippen LogP contribution in [0, 0.1) is 17.2 Å². The summed E-state index contributed by atoms with van der Waals surface area (Å²) in [6.45, 7) is 4.78. The van der Waals surface area contributed by atoms with E-state index in [-0.39, 0.29) is 24.9 Å². The Kier molecular flexibility index (Phi) is 7.03. The maximum absolute atomic E-state index is 13.1. The highest BCUT2D eigenvalue weighted by atomic mass is 16.5. The lowest BCUT2D eigenvalue weighted by Crippen LogP contribution is -2.38. The third-order valence-corrected chi connectivity index (χ3v) is 5.31. The first-order chi connectivity index (χ1) is 14.5. The Hall–Kier alpha value is -2.95. The van der Waals surface area contributed by atoms with Gasteiger partial charge in [-0.1, -0.05) is 25.1 Å². The molecule has 0 saturated carbocycles. The molecule has 3 N–H and O–H groups in total. The highest BCUT2D eigenvalue weighted by Crippen LogP contribution is 2.44. The summed E-state index contributed by atoms with van der Waals surface area (Å²) in [4.78, 5) is 26.2. The largest absolute Gasteiger partial charge is 0.463 e. The number of nitrogens with one attached hydrogen (secondary N) is 1. The van der Waals surface area contributed by atoms with Crippen molar-refractivity contribution in [2.24, 2.45) is 11.7 Å². The van der Waals surface area contributed by atoms with Gasteiger partial charge < -0.3 is 20.5 Å². The van der Waals surface area contributed by atoms with Crippen LogP contribution >= 0.6 is 0 Å². The van der Waals surface area contributed by atoms with Crippen LogP contribution in [0.5, 0.6) is 0 Å². The lowest BCUT2D eigenvalue weighted by molar-refractivity contribution is -0.139. The second-order valence-corrected chi connectivity index (χ2v) is 7.54. The summed E-state index contributed by atoms with van der Waals surface area (Å²) in [5.74, 6) is -1.02. The first kappa shape index (κ1) is 21.8. The number of allylic oxidation sites excluding steroid dienone is 2. The number of ether oxygens (including phenoxy) is 2. The Morgan fingerprint density at radius 2 is 2.10 bits per heavy atom. The van der Waals surface area contributed by atoms with Crippen LogP contribution < -0.4 is 11.1 Å². The van der Waals surface area contributed by atoms with Crippen LogP contribution in [0.3, 0.4) is 0 Å². The molecule has 0 amide bonds. The highest BCUT2D eigenvalue weighted by Gasteiger charge is 2.42. The third-order valence-electron chi connectivity index (χ3n) is 5.31. The molecule has 1 aromatic carbocycles. The van der Waals surface area contributed by atoms with Crippen LogP contribution in [0.2, 0.25) is 0 Å². The maximum Gasteiger partial charge on any atom is 0.336 e. The van der Waals surface area contributed by atoms with Gasteiger partial charge >= 0.3 is 5.97 Å². The van der Waals surface area contributed by atoms with E-state index in [4.69, 9.17) is 15.2 Å². The number of Topliss-reactive ketones (excluding diaryl/α,β-unsaturated/α-hetero) is 1. The zero-order valence-corrected chi connectivity index (χ0v) is 17.4. The lowest BCUT2D eigenvalue weighted by Gasteiger charge is -2.36. The molecule has 7 nitrogen and oxygen atoms in total. The van der Waals surface area contributed by atoms with Gasteiger partial charge in [0, 0.05) is 30.2 Å². The van der Waals surface area contributed by atoms with E-state index in [0.717, 1.165) is 5.70 Å². The monoisotopic (exact) mass is 409 g/mol. The summed E-state index contributed by atoms with van der Waals surface area (Å²) in [6.07, 6.45) is 1.09. The van der Waals surface area contributed by atoms with Crippen LogP contribution in [-0.2, 0) is 19.1 Å². The Morgan fingerprint density at radius 1 is 1.33 bits per heavy atom. The van der Waals surface area contributed by atoms with E-state index < -0.39 is 11.9 Å². The molecule has 1 aliphatic heterocycles. The van der Waals surface area contributed by atoms with Crippen molar-refractivity contribution in [1.29, 1.82) is 5.26 Å². The molecule has 2 aliphatic rings. The summed E-state index contributed by atoms with van der Waals surface area (Å²) in [5.41, 5.74) is 8.79. The van der Waals surface area contributed by atoms with Gasteiger partial charge in [0.2, 0.25) is 0 Å². The van der Waals surface area contributed by atoms with Gasteiger partial charge in [0.05, 0.1) is 42.7 Å². The summed E-state index contributed by atoms with van der Waals surface area (Å²) in [5, 5.41) is 13.0. The fourth-order valence-corrected chi connectivity index (χ4v) is 4.13. The topological polar surface area (TPSA) is 114 Å². The Labute approximate surface area is 176 Å². The number of benzene rings is 1. The normalized spacial score (nSPS) is 21.1. The molecule has 7 heteroatoms. The van der Waals surface area contributed by atoms with Crippen LogP contribution in [0.1, 0.15) is 43.7 Å². The van der Waals surface area contributed by atoms with Gasteiger partial charge in [-0.2, -0.15) is 5.26 Å². The molecule has 30 heavy (non-hydrogen) atoms. The quantitative estimate of drug-likeness (QED) is 0.524. The summed E-state index contributed by atoms with van der Waals surface area (Å²) in [7, 11) is 0. The predicted octanol–water partition coefficient (Wildman–Crippen LogP) is 2.29. The molecule has 0 fully saturated rings. The standard InChI is InChI=1S/C23H27N3O4/c1-3-30-23(28)22-18(13-29-9-8-24)26-17-10-14(2)11-19(27)21(17)20(22)16-7-5-4-6-15(16)12-25/h4-7,14,20,26H,3,8-11,13,24H2,1-2H3. The number of nitrogens with two attached hydrogens (primary N) is 1. The first-order valence-electron chi connectivity index (χ1n) is 10.2. The van der Waals surface area contributed by atoms with Crippen molar-refractivity contribution in [3.05, 3.63) is 57.9 Å². The molecule has 0 spiro atoms. The number of hydrogen-bond donors (Lipinski definition) is 2. The SMILES string of the molecule is CCOC(=O)C1=C(COCCN)NC2=C(C(=O)CC(C)C2)C1c1ccccc1C#N. The molecule has 3 rings (SSSR count). The molecule has 2 unspecified atom stereocenters. The summed E-state index contributed by atoms with van der Waals surface area (Å²) < 4.78 is 11.0. The van der Waals surface area contributed by atoms with Crippen molar-refractivity contribution in [2.75, 3.05) is 26.4 Å². The zero-order valence-electron chi connectivity index (χ0n) is 17.4. The second kappa shape index (κ2) is 9.70. The second-order valence-electron chi connectivity index (χ2n) is 7.54. The maximum atomic E-state index is 13.1. The van der Waals surface area contributed by atoms with Crippen molar-refractivity contribution in [3.8, 4) is 6.07 Å². The Morgan fingerprint density at radius 3 is 2.80 bits per heavy atom. The van der Waals surface area contributed by atoms with Gasteiger partial charge in [-0.3, -0.25) is 4.79 Å². The lowest BCUT2D eigenvalue weighted by atomic mass is 9.72. The van der Waals surface area contributed by atoms with Crippen molar-refractivity contribution in [1.82, 2.24) is 5.32 Å². The number of nitrogens with zero attached hydrogens (tertiary/aromatic N) is 1. The molecule has 0 bridgehead atoms. The number of nitriles is 1. The number of rotatable bonds is 7. The van der Waals surface area contributed by atoms with E-state index in [1.807, 2.05) is 13.0 Å². The number of carbonyl (C=O) groups excluding carboxylic acids is 2.